The number of piperazine rings is 1. The molecule has 2 heterocycles. The van der Waals surface area contributed by atoms with Gasteiger partial charge in [-0.1, -0.05) is 0 Å². The number of carbonyl (C=O) groups is 1. The van der Waals surface area contributed by atoms with E-state index in [1.807, 2.05) is 14.0 Å². The molecule has 0 spiro atoms. The standard InChI is InChI=1S/C13H21N3OS/c1-9-10(2)18-13(14-9)7-12(17)11-8-15(3)5-6-16(11)4/h11H,5-8H2,1-4H3. The van der Waals surface area contributed by atoms with Crippen molar-refractivity contribution >= 4 is 17.1 Å². The molecule has 0 bridgehead atoms. The van der Waals surface area contributed by atoms with E-state index in [1.165, 1.54) is 4.88 Å². The third kappa shape index (κ3) is 2.96. The van der Waals surface area contributed by atoms with Gasteiger partial charge in [-0.15, -0.1) is 11.3 Å². The number of likely N-dealkylation sites (N-methyl/N-ethyl adjacent to an activating group) is 2. The quantitative estimate of drug-likeness (QED) is 0.822. The average Bonchev–Trinajstić information content (AvgIpc) is 2.61. The highest BCUT2D eigenvalue weighted by Gasteiger charge is 2.28. The van der Waals surface area contributed by atoms with E-state index in [-0.39, 0.29) is 11.8 Å². The minimum Gasteiger partial charge on any atom is -0.303 e. The zero-order chi connectivity index (χ0) is 13.3. The Labute approximate surface area is 113 Å². The zero-order valence-corrected chi connectivity index (χ0v) is 12.4. The second-order valence-corrected chi connectivity index (χ2v) is 6.44. The highest BCUT2D eigenvalue weighted by Crippen LogP contribution is 2.18. The number of hydrogen-bond acceptors (Lipinski definition) is 5. The van der Waals surface area contributed by atoms with Gasteiger partial charge in [0.2, 0.25) is 0 Å². The number of aryl methyl sites for hydroxylation is 2. The van der Waals surface area contributed by atoms with Crippen LogP contribution in [0.25, 0.3) is 0 Å². The fraction of sp³-hybridized carbons (Fsp3) is 0.692. The summed E-state index contributed by atoms with van der Waals surface area (Å²) in [5.74, 6) is 0.290. The smallest absolute Gasteiger partial charge is 0.158 e. The SMILES string of the molecule is Cc1nc(CC(=O)C2CN(C)CCN2C)sc1C. The zero-order valence-electron chi connectivity index (χ0n) is 11.6. The van der Waals surface area contributed by atoms with Crippen molar-refractivity contribution in [2.45, 2.75) is 26.3 Å². The monoisotopic (exact) mass is 267 g/mol. The van der Waals surface area contributed by atoms with E-state index in [0.717, 1.165) is 30.3 Å². The van der Waals surface area contributed by atoms with Gasteiger partial charge in [-0.25, -0.2) is 4.98 Å². The molecular formula is C13H21N3OS. The van der Waals surface area contributed by atoms with Gasteiger partial charge in [0.15, 0.2) is 5.78 Å². The van der Waals surface area contributed by atoms with Crippen molar-refractivity contribution in [1.82, 2.24) is 14.8 Å². The molecule has 18 heavy (non-hydrogen) atoms. The van der Waals surface area contributed by atoms with Crippen LogP contribution in [-0.2, 0) is 11.2 Å². The number of hydrogen-bond donors (Lipinski definition) is 0. The van der Waals surface area contributed by atoms with E-state index < -0.39 is 0 Å². The van der Waals surface area contributed by atoms with Crippen molar-refractivity contribution in [1.29, 1.82) is 0 Å². The first-order valence-corrected chi connectivity index (χ1v) is 7.13. The predicted molar refractivity (Wildman–Crippen MR) is 74.2 cm³/mol. The molecule has 0 aliphatic carbocycles. The number of aromatic nitrogens is 1. The Morgan fingerprint density at radius 2 is 2.11 bits per heavy atom. The molecule has 2 rings (SSSR count). The molecule has 0 aromatic carbocycles. The molecule has 0 amide bonds. The first-order chi connectivity index (χ1) is 8.47. The molecule has 1 unspecified atom stereocenters. The number of Topliss-reactive ketones (excluding diaryl/α,β-unsaturated/α-hetero) is 1. The van der Waals surface area contributed by atoms with E-state index >= 15 is 0 Å². The summed E-state index contributed by atoms with van der Waals surface area (Å²) in [6, 6.07) is 0.0215. The second-order valence-electron chi connectivity index (χ2n) is 5.15. The summed E-state index contributed by atoms with van der Waals surface area (Å²) in [6.45, 7) is 6.89. The number of nitrogens with zero attached hydrogens (tertiary/aromatic N) is 3. The molecule has 1 aromatic rings. The van der Waals surface area contributed by atoms with Crippen LogP contribution in [0.15, 0.2) is 0 Å². The van der Waals surface area contributed by atoms with Gasteiger partial charge >= 0.3 is 0 Å². The Balaban J connectivity index is 2.02. The Bertz CT molecular complexity index is 424. The summed E-state index contributed by atoms with van der Waals surface area (Å²) < 4.78 is 0. The largest absolute Gasteiger partial charge is 0.303 e. The van der Waals surface area contributed by atoms with E-state index in [1.54, 1.807) is 11.3 Å². The van der Waals surface area contributed by atoms with E-state index in [9.17, 15) is 4.79 Å². The van der Waals surface area contributed by atoms with Crippen molar-refractivity contribution in [3.63, 3.8) is 0 Å². The van der Waals surface area contributed by atoms with Crippen LogP contribution in [0.3, 0.4) is 0 Å². The fourth-order valence-corrected chi connectivity index (χ4v) is 3.18. The summed E-state index contributed by atoms with van der Waals surface area (Å²) >= 11 is 1.64. The Kier molecular flexibility index (Phi) is 4.14. The maximum Gasteiger partial charge on any atom is 0.158 e. The van der Waals surface area contributed by atoms with Gasteiger partial charge in [0.05, 0.1) is 18.2 Å². The Morgan fingerprint density at radius 1 is 1.39 bits per heavy atom. The molecule has 0 saturated carbocycles. The van der Waals surface area contributed by atoms with Crippen molar-refractivity contribution in [3.05, 3.63) is 15.6 Å². The molecule has 4 nitrogen and oxygen atoms in total. The van der Waals surface area contributed by atoms with Crippen molar-refractivity contribution in [2.24, 2.45) is 0 Å². The van der Waals surface area contributed by atoms with Gasteiger partial charge in [-0.2, -0.15) is 0 Å². The molecule has 1 aliphatic heterocycles. The molecule has 100 valence electrons. The van der Waals surface area contributed by atoms with Crippen molar-refractivity contribution in [2.75, 3.05) is 33.7 Å². The lowest BCUT2D eigenvalue weighted by atomic mass is 10.1. The van der Waals surface area contributed by atoms with Gasteiger partial charge in [0.1, 0.15) is 5.01 Å². The first-order valence-electron chi connectivity index (χ1n) is 6.31. The van der Waals surface area contributed by atoms with Crippen LogP contribution in [0.2, 0.25) is 0 Å². The Morgan fingerprint density at radius 3 is 2.72 bits per heavy atom. The first kappa shape index (κ1) is 13.6. The van der Waals surface area contributed by atoms with Gasteiger partial charge < -0.3 is 4.90 Å². The second kappa shape index (κ2) is 5.47. The number of rotatable bonds is 3. The van der Waals surface area contributed by atoms with E-state index in [0.29, 0.717) is 6.42 Å². The molecular weight excluding hydrogens is 246 g/mol. The molecule has 1 atom stereocenters. The number of carbonyl (C=O) groups excluding carboxylic acids is 1. The third-order valence-corrected chi connectivity index (χ3v) is 4.69. The molecule has 1 aromatic heterocycles. The van der Waals surface area contributed by atoms with Gasteiger partial charge in [0.25, 0.3) is 0 Å². The highest BCUT2D eigenvalue weighted by atomic mass is 32.1. The Hall–Kier alpha value is -0.780. The molecule has 1 saturated heterocycles. The average molecular weight is 267 g/mol. The van der Waals surface area contributed by atoms with Gasteiger partial charge in [0, 0.05) is 24.5 Å². The summed E-state index contributed by atoms with van der Waals surface area (Å²) in [6.07, 6.45) is 0.474. The van der Waals surface area contributed by atoms with Gasteiger partial charge in [-0.3, -0.25) is 9.69 Å². The highest BCUT2D eigenvalue weighted by molar-refractivity contribution is 7.11. The van der Waals surface area contributed by atoms with Crippen LogP contribution in [0.1, 0.15) is 15.6 Å². The van der Waals surface area contributed by atoms with Crippen LogP contribution in [0.4, 0.5) is 0 Å². The molecule has 0 N–H and O–H groups in total. The molecule has 1 aliphatic rings. The van der Waals surface area contributed by atoms with Gasteiger partial charge in [-0.05, 0) is 27.9 Å². The maximum absolute atomic E-state index is 12.3. The third-order valence-electron chi connectivity index (χ3n) is 3.62. The summed E-state index contributed by atoms with van der Waals surface area (Å²) in [7, 11) is 4.11. The van der Waals surface area contributed by atoms with Crippen molar-refractivity contribution in [3.8, 4) is 0 Å². The van der Waals surface area contributed by atoms with Crippen LogP contribution in [-0.4, -0.2) is 60.3 Å². The topological polar surface area (TPSA) is 36.4 Å². The lowest BCUT2D eigenvalue weighted by Crippen LogP contribution is -2.53. The number of thiazole rings is 1. The summed E-state index contributed by atoms with van der Waals surface area (Å²) in [5, 5.41) is 0.955. The van der Waals surface area contributed by atoms with E-state index in [2.05, 4.69) is 28.8 Å². The number of ketones is 1. The molecule has 1 fully saturated rings. The summed E-state index contributed by atoms with van der Waals surface area (Å²) in [5.41, 5.74) is 1.05. The van der Waals surface area contributed by atoms with Crippen LogP contribution >= 0.6 is 11.3 Å². The van der Waals surface area contributed by atoms with E-state index in [4.69, 9.17) is 0 Å². The normalized spacial score (nSPS) is 22.3. The fourth-order valence-electron chi connectivity index (χ4n) is 2.24. The molecule has 0 radical (unpaired) electrons. The minimum absolute atomic E-state index is 0.0215. The minimum atomic E-state index is 0.0215. The summed E-state index contributed by atoms with van der Waals surface area (Å²) in [4.78, 5) is 22.4. The lowest BCUT2D eigenvalue weighted by molar-refractivity contribution is -0.125. The lowest BCUT2D eigenvalue weighted by Gasteiger charge is -2.36. The maximum atomic E-state index is 12.3. The predicted octanol–water partition coefficient (Wildman–Crippen LogP) is 1.12. The van der Waals surface area contributed by atoms with Crippen LogP contribution < -0.4 is 0 Å². The van der Waals surface area contributed by atoms with Crippen molar-refractivity contribution < 1.29 is 4.79 Å². The van der Waals surface area contributed by atoms with Crippen LogP contribution in [0.5, 0.6) is 0 Å². The molecule has 5 heteroatoms. The van der Waals surface area contributed by atoms with Crippen LogP contribution in [0, 0.1) is 13.8 Å².